The van der Waals surface area contributed by atoms with Crippen molar-refractivity contribution in [3.63, 3.8) is 0 Å². The molecule has 0 aliphatic carbocycles. The Morgan fingerprint density at radius 1 is 0.414 bits per heavy atom. The number of para-hydroxylation sites is 1. The van der Waals surface area contributed by atoms with E-state index in [1.54, 1.807) is 7.11 Å². The third-order valence-corrected chi connectivity index (χ3v) is 16.5. The summed E-state index contributed by atoms with van der Waals surface area (Å²) >= 11 is 0. The van der Waals surface area contributed by atoms with Crippen LogP contribution in [0.15, 0.2) is 326 Å². The van der Waals surface area contributed by atoms with Gasteiger partial charge in [-0.1, -0.05) is 55.8 Å². The second kappa shape index (κ2) is 50.1. The average Bonchev–Trinajstić information content (AvgIpc) is 1.67. The molecule has 0 fully saturated rings. The number of benzene rings is 7. The first-order chi connectivity index (χ1) is 53.0. The minimum Gasteiger partial charge on any atom is -0.497 e. The second-order valence-corrected chi connectivity index (χ2v) is 25.5. The highest BCUT2D eigenvalue weighted by Gasteiger charge is 2.26. The summed E-state index contributed by atoms with van der Waals surface area (Å²) in [5.41, 5.74) is 24.5. The van der Waals surface area contributed by atoms with Gasteiger partial charge in [0.2, 0.25) is 0 Å². The van der Waals surface area contributed by atoms with E-state index in [0.29, 0.717) is 0 Å². The summed E-state index contributed by atoms with van der Waals surface area (Å²) in [7, 11) is 31.0. The minimum atomic E-state index is 0. The number of rotatable bonds is 18. The van der Waals surface area contributed by atoms with Crippen LogP contribution < -0.4 is 69.5 Å². The van der Waals surface area contributed by atoms with E-state index in [9.17, 15) is 0 Å². The maximum Gasteiger partial charge on any atom is 0.524 e. The van der Waals surface area contributed by atoms with Crippen LogP contribution in [0.3, 0.4) is 0 Å². The summed E-state index contributed by atoms with van der Waals surface area (Å²) < 4.78 is 22.6. The van der Waals surface area contributed by atoms with E-state index >= 15 is 0 Å². The average molecular weight is 1580 g/mol. The van der Waals surface area contributed by atoms with E-state index in [1.165, 1.54) is 0 Å². The predicted octanol–water partition coefficient (Wildman–Crippen LogP) is 15.8. The van der Waals surface area contributed by atoms with Crippen LogP contribution >= 0.6 is 0 Å². The fourth-order valence-corrected chi connectivity index (χ4v) is 9.85. The van der Waals surface area contributed by atoms with E-state index in [2.05, 4.69) is 66.7 Å². The number of guanidine groups is 1. The molecule has 13 rings (SSSR count). The summed E-state index contributed by atoms with van der Waals surface area (Å²) in [6.45, 7) is 0. The van der Waals surface area contributed by atoms with Crippen LogP contribution in [-0.2, 0) is 56.4 Å². The quantitative estimate of drug-likeness (QED) is 0.0137. The summed E-state index contributed by atoms with van der Waals surface area (Å²) in [6.07, 6.45) is 27.3. The Morgan fingerprint density at radius 3 is 1.09 bits per heavy atom. The van der Waals surface area contributed by atoms with Gasteiger partial charge in [-0.2, -0.15) is 19.7 Å². The number of quaternary nitrogens is 1. The molecule has 7 N–H and O–H groups in total. The van der Waals surface area contributed by atoms with Crippen molar-refractivity contribution < 1.29 is 37.0 Å². The Hall–Kier alpha value is -14.0. The zero-order valence-corrected chi connectivity index (χ0v) is 68.5. The number of aryl methyl sites for hydroxylation is 8. The maximum atomic E-state index is 5.68. The van der Waals surface area contributed by atoms with Crippen molar-refractivity contribution >= 4 is 104 Å². The van der Waals surface area contributed by atoms with Crippen LogP contribution in [0.2, 0.25) is 0 Å². The van der Waals surface area contributed by atoms with Gasteiger partial charge in [-0.25, -0.2) is 36.5 Å². The molecule has 0 radical (unpaired) electrons. The lowest BCUT2D eigenvalue weighted by molar-refractivity contribution is -0.735. The first-order valence-electron chi connectivity index (χ1n) is 35.1. The summed E-state index contributed by atoms with van der Waals surface area (Å²) in [6, 6.07) is 64.4. The van der Waals surface area contributed by atoms with Crippen molar-refractivity contribution in [1.29, 1.82) is 0 Å². The normalized spacial score (nSPS) is 11.6. The molecule has 1 atom stereocenters. The smallest absolute Gasteiger partial charge is 0.497 e. The third kappa shape index (κ3) is 31.6. The number of anilines is 8. The van der Waals surface area contributed by atoms with Crippen molar-refractivity contribution in [3.05, 3.63) is 308 Å². The van der Waals surface area contributed by atoms with Gasteiger partial charge in [-0.05, 0) is 163 Å². The molecule has 5 aromatic heterocycles. The highest BCUT2D eigenvalue weighted by atomic mass is 16.5. The molecular formula is C88H123N27O+4. The number of nitrogens with zero attached hydrogens (tertiary/aromatic N) is 22. The Kier molecular flexibility index (Phi) is 42.3. The highest BCUT2D eigenvalue weighted by Crippen LogP contribution is 2.25. The van der Waals surface area contributed by atoms with Crippen LogP contribution in [0.4, 0.5) is 86.1 Å². The minimum absolute atomic E-state index is 0. The lowest BCUT2D eigenvalue weighted by atomic mass is 10.2. The number of methoxy groups -OCH3 is 1. The number of imidazole rings is 3. The number of aromatic nitrogens is 8. The Morgan fingerprint density at radius 2 is 0.750 bits per heavy atom. The third-order valence-electron chi connectivity index (χ3n) is 16.5. The van der Waals surface area contributed by atoms with Crippen LogP contribution in [0.1, 0.15) is 33.4 Å². The molecule has 0 saturated carbocycles. The van der Waals surface area contributed by atoms with Crippen molar-refractivity contribution in [2.75, 3.05) is 93.5 Å². The van der Waals surface area contributed by atoms with Gasteiger partial charge < -0.3 is 54.0 Å². The first-order valence-corrected chi connectivity index (χ1v) is 35.1. The highest BCUT2D eigenvalue weighted by molar-refractivity contribution is 5.80. The molecule has 28 nitrogen and oxygen atoms in total. The van der Waals surface area contributed by atoms with Crippen LogP contribution in [0, 0.1) is 22.3 Å². The number of hydrogen-bond donors (Lipinski definition) is 5. The Labute approximate surface area is 688 Å². The van der Waals surface area contributed by atoms with Crippen molar-refractivity contribution in [3.8, 4) is 5.75 Å². The second-order valence-electron chi connectivity index (χ2n) is 25.5. The molecule has 1 unspecified atom stereocenters. The van der Waals surface area contributed by atoms with Gasteiger partial charge in [-0.3, -0.25) is 10.0 Å². The summed E-state index contributed by atoms with van der Waals surface area (Å²) in [5.74, 6) is 4.12. The molecule has 7 aromatic carbocycles. The van der Waals surface area contributed by atoms with Crippen molar-refractivity contribution in [2.24, 2.45) is 107 Å². The standard InChI is InChI=1S/C17H18N6.C15H18N3O.C14H16N3.C13H18N5.C12H15N5.C11H13N5.3CH4.3CH3/c1-22-11-12-23(2)17(22)21-20-16-9-7-15(8-10-16)19-14-5-3-13(18)4-6-14;1-17-10-8-13(9-11-17)12-16-18(2)14-4-6-15(19-3)7-5-14;1-16-10-8-13(9-11-16)12-15-17(2)14-6-4-3-5-7-14;1-16(2)12-7-5-11(6-8-12)14-15-13-17(3)9-10-18(13)4;1-13-10-4-6-11(7-5-10)14-15-12-16(2)8-9-17(12)3;1-15-7-8-16(2)11(15)14-13-10-5-3-9(12)4-6-10;;;;;;/h3-12H,1-2H3,(H2,18,20);4-12H,1-3H3;3-12H,1-2H3;5-10H,1-4H3;4-9H,1-3H3;3-8,12H,1-2H3;3*1H4;3*1H3/q;3*+1;;;;;;3*-1/p+4. The predicted molar refractivity (Wildman–Crippen MR) is 478 cm³/mol. The molecule has 1 aliphatic heterocycles. The number of azo groups is 4. The largest absolute Gasteiger partial charge is 0.524 e. The monoisotopic (exact) mass is 1570 g/mol. The van der Waals surface area contributed by atoms with E-state index in [1.807, 2.05) is 444 Å². The van der Waals surface area contributed by atoms with Crippen LogP contribution in [0.5, 0.6) is 5.75 Å². The van der Waals surface area contributed by atoms with Crippen molar-refractivity contribution in [1.82, 2.24) is 13.7 Å². The van der Waals surface area contributed by atoms with Crippen LogP contribution in [0.25, 0.3) is 0 Å². The van der Waals surface area contributed by atoms with E-state index < -0.39 is 0 Å². The Balaban J connectivity index is 0.000000469. The molecule has 1 aliphatic rings. The number of nitrogens with one attached hydrogen (secondary N) is 3. The zero-order chi connectivity index (χ0) is 78.9. The topological polar surface area (TPSA) is 260 Å². The lowest BCUT2D eigenvalue weighted by Gasteiger charge is -2.12. The number of nitrogens with two attached hydrogens (primary N) is 2. The molecule has 0 bridgehead atoms. The fourth-order valence-electron chi connectivity index (χ4n) is 9.85. The van der Waals surface area contributed by atoms with E-state index in [-0.39, 0.29) is 44.6 Å². The Bertz CT molecular complexity index is 4990. The molecule has 0 amide bonds. The molecule has 28 heteroatoms. The lowest BCUT2D eigenvalue weighted by Crippen LogP contribution is -3.06. The van der Waals surface area contributed by atoms with Gasteiger partial charge >= 0.3 is 23.8 Å². The van der Waals surface area contributed by atoms with Gasteiger partial charge in [0, 0.05) is 120 Å². The van der Waals surface area contributed by atoms with Gasteiger partial charge in [0.1, 0.15) is 60.1 Å². The van der Waals surface area contributed by atoms with Gasteiger partial charge in [0.05, 0.1) is 124 Å². The molecule has 612 valence electrons. The van der Waals surface area contributed by atoms with Gasteiger partial charge in [-0.15, -0.1) is 0 Å². The number of hydrazone groups is 2. The number of hydrogen-bond acceptors (Lipinski definition) is 18. The first kappa shape index (κ1) is 98.1. The SMILES string of the molecule is C.C.C.CN(C)c1ccc(N=Nc2n(C)cc[n+]2C)cc1.CN(N=Cc1cc[n+](C)cc1)c1ccccc1.CNc1ccc(N=Nc2n(C)cc[n+]2C)cc1.COc1ccc(N(C)N=Cc2cc[n+](C)cc2)cc1.C[N+]1=C(N=Nc2ccc(N)cc2)[NH+](C)C=C1.Cn1cc[n+](C)c1N=Nc1ccc(Nc2ccc(N)cc2)cc1.[CH3-].[CH3-].[CH3-]. The summed E-state index contributed by atoms with van der Waals surface area (Å²) in [5, 5.41) is 52.7. The molecule has 12 aromatic rings. The molecule has 0 saturated heterocycles. The van der Waals surface area contributed by atoms with Gasteiger partial charge in [0.25, 0.3) is 0 Å². The molecule has 0 spiro atoms. The van der Waals surface area contributed by atoms with Gasteiger partial charge in [0.15, 0.2) is 24.8 Å². The fraction of sp³-hybridized carbons (Fsp3) is 0.216. The molecule has 116 heavy (non-hydrogen) atoms. The number of pyridine rings is 2. The molecule has 6 heterocycles. The zero-order valence-electron chi connectivity index (χ0n) is 68.5. The molecular weight excluding hydrogens is 1450 g/mol. The number of ether oxygens (including phenoxy) is 1. The maximum absolute atomic E-state index is 5.68. The summed E-state index contributed by atoms with van der Waals surface area (Å²) in [4.78, 5) is 3.17. The van der Waals surface area contributed by atoms with Crippen molar-refractivity contribution in [2.45, 2.75) is 22.3 Å². The van der Waals surface area contributed by atoms with E-state index in [0.717, 1.165) is 114 Å². The van der Waals surface area contributed by atoms with E-state index in [4.69, 9.17) is 16.2 Å². The number of nitrogen functional groups attached to an aromatic ring is 2. The van der Waals surface area contributed by atoms with Crippen LogP contribution in [-0.4, -0.2) is 93.1 Å².